The Kier molecular flexibility index (Phi) is 12.1. The normalized spacial score (nSPS) is 12.6. The van der Waals surface area contributed by atoms with Crippen molar-refractivity contribution < 1.29 is 9.53 Å². The van der Waals surface area contributed by atoms with Gasteiger partial charge in [-0.25, -0.2) is 0 Å². The van der Waals surface area contributed by atoms with Crippen LogP contribution in [0.15, 0.2) is 36.4 Å². The van der Waals surface area contributed by atoms with Gasteiger partial charge in [-0.1, -0.05) is 70.0 Å². The molecule has 0 aromatic heterocycles. The fourth-order valence-electron chi connectivity index (χ4n) is 1.95. The van der Waals surface area contributed by atoms with E-state index >= 15 is 0 Å². The van der Waals surface area contributed by atoms with E-state index in [1.165, 1.54) is 26.2 Å². The molecule has 0 N–H and O–H groups in total. The Bertz CT molecular complexity index is 350. The molecule has 0 radical (unpaired) electrons. The SMILES string of the molecule is CPC(C)(C)CCCC(C)CCOC(C)=O.c1ccccc1. The molecule has 2 atom stereocenters. The van der Waals surface area contributed by atoms with Crippen LogP contribution in [0.2, 0.25) is 0 Å². The third-order valence-corrected chi connectivity index (χ3v) is 5.36. The summed E-state index contributed by atoms with van der Waals surface area (Å²) < 4.78 is 4.94. The fourth-order valence-corrected chi connectivity index (χ4v) is 2.38. The minimum absolute atomic E-state index is 0.166. The summed E-state index contributed by atoms with van der Waals surface area (Å²) in [7, 11) is 1.02. The second-order valence-electron chi connectivity index (χ2n) is 6.41. The molecule has 0 saturated heterocycles. The predicted molar refractivity (Wildman–Crippen MR) is 99.0 cm³/mol. The lowest BCUT2D eigenvalue weighted by Crippen LogP contribution is -2.12. The highest BCUT2D eigenvalue weighted by molar-refractivity contribution is 7.38. The second kappa shape index (κ2) is 12.6. The molecule has 2 unspecified atom stereocenters. The summed E-state index contributed by atoms with van der Waals surface area (Å²) in [4.78, 5) is 10.6. The van der Waals surface area contributed by atoms with Crippen molar-refractivity contribution >= 4 is 14.6 Å². The van der Waals surface area contributed by atoms with E-state index < -0.39 is 0 Å². The van der Waals surface area contributed by atoms with Gasteiger partial charge in [0.15, 0.2) is 0 Å². The molecule has 1 rings (SSSR count). The van der Waals surface area contributed by atoms with Gasteiger partial charge in [-0.05, 0) is 30.6 Å². The fraction of sp³-hybridized carbons (Fsp3) is 0.632. The lowest BCUT2D eigenvalue weighted by atomic mass is 9.97. The van der Waals surface area contributed by atoms with Crippen molar-refractivity contribution in [2.45, 2.75) is 58.5 Å². The number of hydrogen-bond donors (Lipinski definition) is 0. The molecule has 0 fully saturated rings. The molecular formula is C19H33O2P. The Morgan fingerprint density at radius 1 is 1.09 bits per heavy atom. The second-order valence-corrected chi connectivity index (χ2v) is 8.27. The third-order valence-electron chi connectivity index (χ3n) is 3.76. The van der Waals surface area contributed by atoms with Crippen molar-refractivity contribution in [1.29, 1.82) is 0 Å². The van der Waals surface area contributed by atoms with Gasteiger partial charge in [-0.2, -0.15) is 0 Å². The van der Waals surface area contributed by atoms with Crippen molar-refractivity contribution in [1.82, 2.24) is 0 Å². The first-order chi connectivity index (χ1) is 10.4. The first-order valence-electron chi connectivity index (χ1n) is 8.19. The first-order valence-corrected chi connectivity index (χ1v) is 9.69. The number of rotatable bonds is 8. The monoisotopic (exact) mass is 324 g/mol. The third kappa shape index (κ3) is 14.1. The largest absolute Gasteiger partial charge is 0.466 e. The summed E-state index contributed by atoms with van der Waals surface area (Å²) >= 11 is 0. The van der Waals surface area contributed by atoms with Gasteiger partial charge in [0.25, 0.3) is 0 Å². The zero-order valence-corrected chi connectivity index (χ0v) is 15.9. The van der Waals surface area contributed by atoms with Crippen LogP contribution in [0.25, 0.3) is 0 Å². The molecule has 126 valence electrons. The van der Waals surface area contributed by atoms with Gasteiger partial charge >= 0.3 is 5.97 Å². The van der Waals surface area contributed by atoms with E-state index in [-0.39, 0.29) is 5.97 Å². The quantitative estimate of drug-likeness (QED) is 0.465. The van der Waals surface area contributed by atoms with Crippen LogP contribution in [0.5, 0.6) is 0 Å². The number of ether oxygens (including phenoxy) is 1. The maximum absolute atomic E-state index is 10.6. The van der Waals surface area contributed by atoms with Gasteiger partial charge in [0, 0.05) is 6.92 Å². The maximum Gasteiger partial charge on any atom is 0.302 e. The molecule has 0 aliphatic heterocycles. The van der Waals surface area contributed by atoms with Gasteiger partial charge in [0.05, 0.1) is 6.61 Å². The zero-order chi connectivity index (χ0) is 16.8. The molecular weight excluding hydrogens is 291 g/mol. The lowest BCUT2D eigenvalue weighted by molar-refractivity contribution is -0.141. The van der Waals surface area contributed by atoms with Crippen LogP contribution in [0.4, 0.5) is 0 Å². The molecule has 0 aliphatic rings. The van der Waals surface area contributed by atoms with E-state index in [1.54, 1.807) is 0 Å². The predicted octanol–water partition coefficient (Wildman–Crippen LogP) is 5.52. The summed E-state index contributed by atoms with van der Waals surface area (Å²) in [5.41, 5.74) is 0. The summed E-state index contributed by atoms with van der Waals surface area (Å²) in [5, 5.41) is 0.510. The molecule has 2 nitrogen and oxygen atoms in total. The molecule has 1 aromatic carbocycles. The minimum Gasteiger partial charge on any atom is -0.466 e. The number of carbonyl (C=O) groups is 1. The van der Waals surface area contributed by atoms with E-state index in [9.17, 15) is 4.79 Å². The van der Waals surface area contributed by atoms with E-state index in [0.29, 0.717) is 17.7 Å². The molecule has 0 aliphatic carbocycles. The van der Waals surface area contributed by atoms with Crippen LogP contribution in [-0.2, 0) is 9.53 Å². The van der Waals surface area contributed by atoms with Crippen LogP contribution >= 0.6 is 8.58 Å². The van der Waals surface area contributed by atoms with Crippen molar-refractivity contribution in [2.75, 3.05) is 13.3 Å². The number of hydrogen-bond acceptors (Lipinski definition) is 2. The van der Waals surface area contributed by atoms with Crippen LogP contribution in [0.3, 0.4) is 0 Å². The van der Waals surface area contributed by atoms with Crippen LogP contribution in [0, 0.1) is 5.92 Å². The van der Waals surface area contributed by atoms with Gasteiger partial charge in [0.1, 0.15) is 0 Å². The number of carbonyl (C=O) groups excluding carboxylic acids is 1. The highest BCUT2D eigenvalue weighted by Gasteiger charge is 2.14. The van der Waals surface area contributed by atoms with Gasteiger partial charge < -0.3 is 4.74 Å². The lowest BCUT2D eigenvalue weighted by Gasteiger charge is -2.23. The van der Waals surface area contributed by atoms with Crippen molar-refractivity contribution in [3.63, 3.8) is 0 Å². The zero-order valence-electron chi connectivity index (χ0n) is 14.9. The van der Waals surface area contributed by atoms with Gasteiger partial charge in [-0.3, -0.25) is 4.79 Å². The van der Waals surface area contributed by atoms with Gasteiger partial charge in [0.2, 0.25) is 0 Å². The molecule has 0 bridgehead atoms. The molecule has 22 heavy (non-hydrogen) atoms. The Balaban J connectivity index is 0.000000604. The topological polar surface area (TPSA) is 26.3 Å². The highest BCUT2D eigenvalue weighted by Crippen LogP contribution is 2.33. The Hall–Kier alpha value is -0.880. The molecule has 3 heteroatoms. The average Bonchev–Trinajstić information content (AvgIpc) is 2.49. The Morgan fingerprint density at radius 3 is 2.00 bits per heavy atom. The average molecular weight is 324 g/mol. The van der Waals surface area contributed by atoms with Crippen molar-refractivity contribution in [2.24, 2.45) is 5.92 Å². The van der Waals surface area contributed by atoms with Crippen LogP contribution < -0.4 is 0 Å². The maximum atomic E-state index is 10.6. The molecule has 0 heterocycles. The summed E-state index contributed by atoms with van der Waals surface area (Å²) in [5.74, 6) is 0.496. The summed E-state index contributed by atoms with van der Waals surface area (Å²) in [6.07, 6.45) is 4.83. The Morgan fingerprint density at radius 2 is 1.59 bits per heavy atom. The number of esters is 1. The first kappa shape index (κ1) is 21.1. The van der Waals surface area contributed by atoms with E-state index in [0.717, 1.165) is 15.0 Å². The molecule has 1 aromatic rings. The molecule has 0 spiro atoms. The minimum atomic E-state index is -0.166. The Labute approximate surface area is 138 Å². The number of benzene rings is 1. The summed E-state index contributed by atoms with van der Waals surface area (Å²) in [6.45, 7) is 11.3. The van der Waals surface area contributed by atoms with Crippen LogP contribution in [-0.4, -0.2) is 24.4 Å². The van der Waals surface area contributed by atoms with E-state index in [1.807, 2.05) is 36.4 Å². The van der Waals surface area contributed by atoms with Crippen molar-refractivity contribution in [3.8, 4) is 0 Å². The molecule has 0 saturated carbocycles. The van der Waals surface area contributed by atoms with E-state index in [4.69, 9.17) is 4.74 Å². The summed E-state index contributed by atoms with van der Waals surface area (Å²) in [6, 6.07) is 12.0. The van der Waals surface area contributed by atoms with Gasteiger partial charge in [-0.15, -0.1) is 8.58 Å². The van der Waals surface area contributed by atoms with Crippen molar-refractivity contribution in [3.05, 3.63) is 36.4 Å². The van der Waals surface area contributed by atoms with Crippen LogP contribution in [0.1, 0.15) is 53.4 Å². The smallest absolute Gasteiger partial charge is 0.302 e. The standard InChI is InChI=1S/C13H27O2P.C6H6/c1-11(8-10-15-12(2)14)7-6-9-13(3,4)16-5;1-2-4-6-5-3-1/h11,16H,6-10H2,1-5H3;1-6H. The molecule has 0 amide bonds. The highest BCUT2D eigenvalue weighted by atomic mass is 31.1. The van der Waals surface area contributed by atoms with E-state index in [2.05, 4.69) is 27.4 Å².